The number of rotatable bonds is 6. The van der Waals surface area contributed by atoms with Crippen LogP contribution >= 0.6 is 0 Å². The van der Waals surface area contributed by atoms with Crippen LogP contribution in [0.5, 0.6) is 5.75 Å². The molecule has 1 fully saturated rings. The molecule has 1 aromatic heterocycles. The molecular formula is C18H24N4O2. The second-order valence-corrected chi connectivity index (χ2v) is 5.94. The van der Waals surface area contributed by atoms with Gasteiger partial charge in [-0.25, -0.2) is 0 Å². The minimum absolute atomic E-state index is 0.166. The highest BCUT2D eigenvalue weighted by Gasteiger charge is 2.24. The van der Waals surface area contributed by atoms with E-state index < -0.39 is 0 Å². The Morgan fingerprint density at radius 1 is 1.33 bits per heavy atom. The summed E-state index contributed by atoms with van der Waals surface area (Å²) in [6, 6.07) is 8.13. The summed E-state index contributed by atoms with van der Waals surface area (Å²) in [4.78, 5) is 6.73. The molecule has 2 heterocycles. The van der Waals surface area contributed by atoms with Gasteiger partial charge in [-0.3, -0.25) is 4.90 Å². The van der Waals surface area contributed by atoms with Crippen molar-refractivity contribution in [3.63, 3.8) is 0 Å². The van der Waals surface area contributed by atoms with Crippen LogP contribution in [0.3, 0.4) is 0 Å². The fraction of sp³-hybridized carbons (Fsp3) is 0.444. The standard InChI is InChI=1S/C18H24N4O2/c1-3-12-23-15-7-4-14(5-8-15)6-9-17-20-18(21-24-17)16-13-19-10-11-22(16)2/h4-9,16,19H,3,10-13H2,1-2H3/b9-6+. The van der Waals surface area contributed by atoms with Crippen molar-refractivity contribution < 1.29 is 9.26 Å². The number of piperazine rings is 1. The van der Waals surface area contributed by atoms with E-state index in [1.807, 2.05) is 36.4 Å². The normalized spacial score (nSPS) is 19.0. The minimum atomic E-state index is 0.166. The van der Waals surface area contributed by atoms with Crippen LogP contribution < -0.4 is 10.1 Å². The van der Waals surface area contributed by atoms with Gasteiger partial charge in [0.25, 0.3) is 5.89 Å². The van der Waals surface area contributed by atoms with Crippen LogP contribution in [0.1, 0.15) is 36.7 Å². The number of nitrogens with zero attached hydrogens (tertiary/aromatic N) is 3. The lowest BCUT2D eigenvalue weighted by molar-refractivity contribution is 0.190. The molecule has 6 heteroatoms. The first-order valence-corrected chi connectivity index (χ1v) is 8.42. The number of nitrogens with one attached hydrogen (secondary N) is 1. The summed E-state index contributed by atoms with van der Waals surface area (Å²) < 4.78 is 10.9. The Morgan fingerprint density at radius 3 is 2.92 bits per heavy atom. The maximum absolute atomic E-state index is 5.58. The van der Waals surface area contributed by atoms with Gasteiger partial charge < -0.3 is 14.6 Å². The van der Waals surface area contributed by atoms with Gasteiger partial charge in [0.1, 0.15) is 5.75 Å². The zero-order valence-electron chi connectivity index (χ0n) is 14.2. The molecule has 0 bridgehead atoms. The van der Waals surface area contributed by atoms with Gasteiger partial charge in [-0.1, -0.05) is 24.2 Å². The maximum atomic E-state index is 5.58. The van der Waals surface area contributed by atoms with Crippen LogP contribution in [0.25, 0.3) is 12.2 Å². The molecule has 1 saturated heterocycles. The second kappa shape index (κ2) is 8.08. The maximum Gasteiger partial charge on any atom is 0.250 e. The second-order valence-electron chi connectivity index (χ2n) is 5.94. The lowest BCUT2D eigenvalue weighted by Crippen LogP contribution is -2.44. The molecule has 1 N–H and O–H groups in total. The minimum Gasteiger partial charge on any atom is -0.494 e. The van der Waals surface area contributed by atoms with Gasteiger partial charge in [-0.15, -0.1) is 0 Å². The predicted octanol–water partition coefficient (Wildman–Crippen LogP) is 2.60. The van der Waals surface area contributed by atoms with E-state index in [-0.39, 0.29) is 6.04 Å². The van der Waals surface area contributed by atoms with E-state index in [1.165, 1.54) is 0 Å². The summed E-state index contributed by atoms with van der Waals surface area (Å²) in [6.07, 6.45) is 4.81. The topological polar surface area (TPSA) is 63.4 Å². The summed E-state index contributed by atoms with van der Waals surface area (Å²) in [7, 11) is 2.08. The van der Waals surface area contributed by atoms with Crippen molar-refractivity contribution in [2.24, 2.45) is 0 Å². The number of hydrogen-bond donors (Lipinski definition) is 1. The summed E-state index contributed by atoms with van der Waals surface area (Å²) >= 11 is 0. The Balaban J connectivity index is 1.62. The first kappa shape index (κ1) is 16.7. The van der Waals surface area contributed by atoms with Gasteiger partial charge in [-0.05, 0) is 37.2 Å². The molecular weight excluding hydrogens is 304 g/mol. The lowest BCUT2D eigenvalue weighted by atomic mass is 10.2. The highest BCUT2D eigenvalue weighted by atomic mass is 16.5. The van der Waals surface area contributed by atoms with Gasteiger partial charge in [0.15, 0.2) is 5.82 Å². The highest BCUT2D eigenvalue weighted by molar-refractivity contribution is 5.66. The van der Waals surface area contributed by atoms with Crippen molar-refractivity contribution in [1.29, 1.82) is 0 Å². The smallest absolute Gasteiger partial charge is 0.250 e. The molecule has 24 heavy (non-hydrogen) atoms. The number of ether oxygens (including phenoxy) is 1. The Labute approximate surface area is 142 Å². The zero-order valence-corrected chi connectivity index (χ0v) is 14.2. The van der Waals surface area contributed by atoms with Crippen molar-refractivity contribution in [1.82, 2.24) is 20.4 Å². The molecule has 0 spiro atoms. The average molecular weight is 328 g/mol. The largest absolute Gasteiger partial charge is 0.494 e. The first-order chi connectivity index (χ1) is 11.8. The molecule has 0 radical (unpaired) electrons. The Bertz CT molecular complexity index is 666. The van der Waals surface area contributed by atoms with Crippen molar-refractivity contribution >= 4 is 12.2 Å². The average Bonchev–Trinajstić information content (AvgIpc) is 3.08. The molecule has 1 aliphatic rings. The van der Waals surface area contributed by atoms with Crippen LogP contribution in [-0.2, 0) is 0 Å². The number of benzene rings is 1. The summed E-state index contributed by atoms with van der Waals surface area (Å²) in [5, 5.41) is 7.47. The van der Waals surface area contributed by atoms with Crippen LogP contribution in [0, 0.1) is 0 Å². The molecule has 128 valence electrons. The van der Waals surface area contributed by atoms with E-state index in [0.29, 0.717) is 5.89 Å². The third kappa shape index (κ3) is 4.21. The number of aromatic nitrogens is 2. The van der Waals surface area contributed by atoms with Crippen LogP contribution in [-0.4, -0.2) is 48.3 Å². The third-order valence-corrected chi connectivity index (χ3v) is 4.04. The zero-order chi connectivity index (χ0) is 16.8. The Morgan fingerprint density at radius 2 is 2.17 bits per heavy atom. The molecule has 0 aliphatic carbocycles. The number of likely N-dealkylation sites (N-methyl/N-ethyl adjacent to an activating group) is 1. The predicted molar refractivity (Wildman–Crippen MR) is 93.7 cm³/mol. The van der Waals surface area contributed by atoms with E-state index in [9.17, 15) is 0 Å². The van der Waals surface area contributed by atoms with E-state index >= 15 is 0 Å². The molecule has 0 saturated carbocycles. The molecule has 1 atom stereocenters. The van der Waals surface area contributed by atoms with Gasteiger partial charge in [0, 0.05) is 25.7 Å². The first-order valence-electron chi connectivity index (χ1n) is 8.42. The van der Waals surface area contributed by atoms with E-state index in [1.54, 1.807) is 0 Å². The van der Waals surface area contributed by atoms with Gasteiger partial charge >= 0.3 is 0 Å². The van der Waals surface area contributed by atoms with Gasteiger partial charge in [0.2, 0.25) is 0 Å². The molecule has 2 aromatic rings. The third-order valence-electron chi connectivity index (χ3n) is 4.04. The molecule has 1 unspecified atom stereocenters. The summed E-state index contributed by atoms with van der Waals surface area (Å²) in [6.45, 7) is 5.66. The summed E-state index contributed by atoms with van der Waals surface area (Å²) in [5.41, 5.74) is 1.06. The summed E-state index contributed by atoms with van der Waals surface area (Å²) in [5.74, 6) is 2.14. The van der Waals surface area contributed by atoms with Crippen LogP contribution in [0.4, 0.5) is 0 Å². The van der Waals surface area contributed by atoms with E-state index in [2.05, 4.69) is 34.3 Å². The van der Waals surface area contributed by atoms with Crippen molar-refractivity contribution in [3.8, 4) is 5.75 Å². The molecule has 0 amide bonds. The fourth-order valence-corrected chi connectivity index (χ4v) is 2.61. The molecule has 3 rings (SSSR count). The van der Waals surface area contributed by atoms with Gasteiger partial charge in [-0.2, -0.15) is 4.98 Å². The van der Waals surface area contributed by atoms with Crippen molar-refractivity contribution in [3.05, 3.63) is 41.5 Å². The Hall–Kier alpha value is -2.18. The number of hydrogen-bond acceptors (Lipinski definition) is 6. The van der Waals surface area contributed by atoms with Crippen LogP contribution in [0.2, 0.25) is 0 Å². The van der Waals surface area contributed by atoms with Gasteiger partial charge in [0.05, 0.1) is 12.6 Å². The fourth-order valence-electron chi connectivity index (χ4n) is 2.61. The SMILES string of the molecule is CCCOc1ccc(/C=C/c2nc(C3CNCCN3C)no2)cc1. The van der Waals surface area contributed by atoms with E-state index in [4.69, 9.17) is 9.26 Å². The quantitative estimate of drug-likeness (QED) is 0.879. The molecule has 1 aliphatic heterocycles. The lowest BCUT2D eigenvalue weighted by Gasteiger charge is -2.30. The Kier molecular flexibility index (Phi) is 5.61. The van der Waals surface area contributed by atoms with Crippen LogP contribution in [0.15, 0.2) is 28.8 Å². The highest BCUT2D eigenvalue weighted by Crippen LogP contribution is 2.19. The van der Waals surface area contributed by atoms with Crippen molar-refractivity contribution in [2.75, 3.05) is 33.3 Å². The monoisotopic (exact) mass is 328 g/mol. The molecule has 6 nitrogen and oxygen atoms in total. The molecule has 1 aromatic carbocycles. The van der Waals surface area contributed by atoms with E-state index in [0.717, 1.165) is 49.8 Å². The van der Waals surface area contributed by atoms with Crippen molar-refractivity contribution in [2.45, 2.75) is 19.4 Å².